The summed E-state index contributed by atoms with van der Waals surface area (Å²) in [6, 6.07) is 10.0. The quantitative estimate of drug-likeness (QED) is 0.363. The molecule has 1 aromatic carbocycles. The number of nitrogens with zero attached hydrogens (tertiary/aromatic N) is 2. The van der Waals surface area contributed by atoms with Crippen molar-refractivity contribution in [2.45, 2.75) is 13.0 Å². The molecule has 0 aliphatic rings. The lowest BCUT2D eigenvalue weighted by atomic mass is 10.1. The van der Waals surface area contributed by atoms with E-state index < -0.39 is 0 Å². The molecule has 0 saturated heterocycles. The van der Waals surface area contributed by atoms with Crippen LogP contribution in [0.5, 0.6) is 11.5 Å². The first-order chi connectivity index (χ1) is 11.8. The number of hydrogen-bond donors (Lipinski definition) is 2. The summed E-state index contributed by atoms with van der Waals surface area (Å²) in [6.07, 6.45) is 4.97. The molecule has 0 bridgehead atoms. The number of benzene rings is 1. The molecule has 138 valence electrons. The summed E-state index contributed by atoms with van der Waals surface area (Å²) in [5, 5.41) is 6.63. The van der Waals surface area contributed by atoms with Gasteiger partial charge in [0.05, 0.1) is 14.2 Å². The Morgan fingerprint density at radius 1 is 1.04 bits per heavy atom. The molecule has 1 heterocycles. The first-order valence-corrected chi connectivity index (χ1v) is 8.03. The SMILES string of the molecule is CN=C(NCCc1ccc(OC)c(OC)c1)NCCn1cccc1.I. The number of aromatic nitrogens is 1. The van der Waals surface area contributed by atoms with Gasteiger partial charge in [-0.15, -0.1) is 24.0 Å². The van der Waals surface area contributed by atoms with Crippen LogP contribution in [0.25, 0.3) is 0 Å². The van der Waals surface area contributed by atoms with Gasteiger partial charge < -0.3 is 24.7 Å². The predicted octanol–water partition coefficient (Wildman–Crippen LogP) is 2.53. The molecule has 6 nitrogen and oxygen atoms in total. The molecule has 7 heteroatoms. The Balaban J connectivity index is 0.00000312. The van der Waals surface area contributed by atoms with E-state index in [-0.39, 0.29) is 24.0 Å². The van der Waals surface area contributed by atoms with E-state index in [1.54, 1.807) is 21.3 Å². The van der Waals surface area contributed by atoms with Crippen molar-refractivity contribution >= 4 is 29.9 Å². The molecular formula is C18H27IN4O2. The highest BCUT2D eigenvalue weighted by atomic mass is 127. The third-order valence-electron chi connectivity index (χ3n) is 3.71. The summed E-state index contributed by atoms with van der Waals surface area (Å²) in [5.74, 6) is 2.31. The van der Waals surface area contributed by atoms with Crippen molar-refractivity contribution in [3.05, 3.63) is 48.3 Å². The van der Waals surface area contributed by atoms with Gasteiger partial charge in [0.25, 0.3) is 0 Å². The van der Waals surface area contributed by atoms with Crippen LogP contribution in [0.4, 0.5) is 0 Å². The van der Waals surface area contributed by atoms with Crippen molar-refractivity contribution in [2.24, 2.45) is 4.99 Å². The second-order valence-corrected chi connectivity index (χ2v) is 5.29. The summed E-state index contributed by atoms with van der Waals surface area (Å²) in [7, 11) is 5.07. The van der Waals surface area contributed by atoms with Gasteiger partial charge in [0.1, 0.15) is 0 Å². The third kappa shape index (κ3) is 6.85. The van der Waals surface area contributed by atoms with Crippen LogP contribution in [0.15, 0.2) is 47.7 Å². The van der Waals surface area contributed by atoms with Crippen LogP contribution >= 0.6 is 24.0 Å². The van der Waals surface area contributed by atoms with Crippen molar-refractivity contribution in [1.82, 2.24) is 15.2 Å². The van der Waals surface area contributed by atoms with Crippen LogP contribution in [-0.2, 0) is 13.0 Å². The highest BCUT2D eigenvalue weighted by Crippen LogP contribution is 2.27. The molecule has 1 aromatic heterocycles. The number of guanidine groups is 1. The molecule has 25 heavy (non-hydrogen) atoms. The van der Waals surface area contributed by atoms with Crippen LogP contribution in [0.3, 0.4) is 0 Å². The minimum Gasteiger partial charge on any atom is -0.493 e. The maximum absolute atomic E-state index is 5.33. The molecule has 0 saturated carbocycles. The van der Waals surface area contributed by atoms with Crippen molar-refractivity contribution in [1.29, 1.82) is 0 Å². The van der Waals surface area contributed by atoms with Crippen LogP contribution < -0.4 is 20.1 Å². The Hall–Kier alpha value is -1.90. The second-order valence-electron chi connectivity index (χ2n) is 5.29. The van der Waals surface area contributed by atoms with E-state index in [4.69, 9.17) is 9.47 Å². The summed E-state index contributed by atoms with van der Waals surface area (Å²) < 4.78 is 12.7. The summed E-state index contributed by atoms with van der Waals surface area (Å²) >= 11 is 0. The first kappa shape index (κ1) is 21.1. The van der Waals surface area contributed by atoms with E-state index in [0.717, 1.165) is 43.5 Å². The van der Waals surface area contributed by atoms with Gasteiger partial charge in [-0.3, -0.25) is 4.99 Å². The number of nitrogens with one attached hydrogen (secondary N) is 2. The highest BCUT2D eigenvalue weighted by molar-refractivity contribution is 14.0. The molecule has 0 atom stereocenters. The van der Waals surface area contributed by atoms with E-state index in [2.05, 4.69) is 32.6 Å². The summed E-state index contributed by atoms with van der Waals surface area (Å²) in [5.41, 5.74) is 1.18. The van der Waals surface area contributed by atoms with E-state index in [1.807, 2.05) is 30.3 Å². The number of hydrogen-bond acceptors (Lipinski definition) is 3. The lowest BCUT2D eigenvalue weighted by Gasteiger charge is -2.13. The molecule has 0 aliphatic heterocycles. The Bertz CT molecular complexity index is 645. The van der Waals surface area contributed by atoms with Gasteiger partial charge in [-0.05, 0) is 36.2 Å². The topological polar surface area (TPSA) is 59.8 Å². The fraction of sp³-hybridized carbons (Fsp3) is 0.389. The number of aliphatic imine (C=N–C) groups is 1. The summed E-state index contributed by atoms with van der Waals surface area (Å²) in [4.78, 5) is 4.24. The number of ether oxygens (including phenoxy) is 2. The van der Waals surface area contributed by atoms with E-state index in [9.17, 15) is 0 Å². The Morgan fingerprint density at radius 2 is 1.72 bits per heavy atom. The Labute approximate surface area is 166 Å². The third-order valence-corrected chi connectivity index (χ3v) is 3.71. The average Bonchev–Trinajstić information content (AvgIpc) is 3.13. The van der Waals surface area contributed by atoms with Gasteiger partial charge in [-0.25, -0.2) is 0 Å². The van der Waals surface area contributed by atoms with Gasteiger partial charge in [0.2, 0.25) is 0 Å². The fourth-order valence-electron chi connectivity index (χ4n) is 2.40. The zero-order valence-electron chi connectivity index (χ0n) is 15.0. The monoisotopic (exact) mass is 458 g/mol. The smallest absolute Gasteiger partial charge is 0.191 e. The zero-order valence-corrected chi connectivity index (χ0v) is 17.3. The number of halogens is 1. The molecular weight excluding hydrogens is 431 g/mol. The van der Waals surface area contributed by atoms with Gasteiger partial charge in [-0.2, -0.15) is 0 Å². The van der Waals surface area contributed by atoms with Crippen molar-refractivity contribution in [3.8, 4) is 11.5 Å². The predicted molar refractivity (Wildman–Crippen MR) is 112 cm³/mol. The molecule has 0 radical (unpaired) electrons. The standard InChI is InChI=1S/C18H26N4O2.HI/c1-19-18(21-10-13-22-11-4-5-12-22)20-9-8-15-6-7-16(23-2)17(14-15)24-3;/h4-7,11-12,14H,8-10,13H2,1-3H3,(H2,19,20,21);1H. The van der Waals surface area contributed by atoms with E-state index in [1.165, 1.54) is 5.56 Å². The molecule has 2 rings (SSSR count). The molecule has 0 fully saturated rings. The lowest BCUT2D eigenvalue weighted by Crippen LogP contribution is -2.39. The number of methoxy groups -OCH3 is 2. The number of rotatable bonds is 8. The fourth-order valence-corrected chi connectivity index (χ4v) is 2.40. The van der Waals surface area contributed by atoms with Crippen LogP contribution in [0, 0.1) is 0 Å². The van der Waals surface area contributed by atoms with Gasteiger partial charge in [0.15, 0.2) is 17.5 Å². The zero-order chi connectivity index (χ0) is 17.2. The van der Waals surface area contributed by atoms with Gasteiger partial charge in [-0.1, -0.05) is 6.07 Å². The Kier molecular flexibility index (Phi) is 9.83. The molecule has 0 spiro atoms. The van der Waals surface area contributed by atoms with E-state index in [0.29, 0.717) is 0 Å². The molecule has 0 amide bonds. The van der Waals surface area contributed by atoms with Crippen molar-refractivity contribution in [3.63, 3.8) is 0 Å². The molecule has 2 N–H and O–H groups in total. The van der Waals surface area contributed by atoms with Crippen LogP contribution in [0.2, 0.25) is 0 Å². The van der Waals surface area contributed by atoms with Crippen LogP contribution in [-0.4, -0.2) is 44.9 Å². The maximum Gasteiger partial charge on any atom is 0.191 e. The minimum absolute atomic E-state index is 0. The lowest BCUT2D eigenvalue weighted by molar-refractivity contribution is 0.354. The Morgan fingerprint density at radius 3 is 2.36 bits per heavy atom. The summed E-state index contributed by atoms with van der Waals surface area (Å²) in [6.45, 7) is 2.52. The minimum atomic E-state index is 0. The molecule has 0 unspecified atom stereocenters. The maximum atomic E-state index is 5.33. The normalized spacial score (nSPS) is 10.8. The largest absolute Gasteiger partial charge is 0.493 e. The van der Waals surface area contributed by atoms with Crippen LogP contribution in [0.1, 0.15) is 5.56 Å². The van der Waals surface area contributed by atoms with Gasteiger partial charge in [0, 0.05) is 39.1 Å². The van der Waals surface area contributed by atoms with Gasteiger partial charge >= 0.3 is 0 Å². The first-order valence-electron chi connectivity index (χ1n) is 8.03. The van der Waals surface area contributed by atoms with E-state index >= 15 is 0 Å². The van der Waals surface area contributed by atoms with Crippen molar-refractivity contribution in [2.75, 3.05) is 34.4 Å². The molecule has 0 aliphatic carbocycles. The average molecular weight is 458 g/mol. The second kappa shape index (κ2) is 11.6. The van der Waals surface area contributed by atoms with Crippen molar-refractivity contribution < 1.29 is 9.47 Å². The highest BCUT2D eigenvalue weighted by Gasteiger charge is 2.05. The molecule has 2 aromatic rings.